The second kappa shape index (κ2) is 7.63. The second-order valence-corrected chi connectivity index (χ2v) is 6.57. The van der Waals surface area contributed by atoms with Gasteiger partial charge in [0.15, 0.2) is 11.5 Å². The summed E-state index contributed by atoms with van der Waals surface area (Å²) in [5.74, 6) is 3.10. The number of nitrogens with two attached hydrogens (primary N) is 1. The number of nitrogens with zero attached hydrogens (tertiary/aromatic N) is 1. The van der Waals surface area contributed by atoms with Crippen LogP contribution >= 0.6 is 11.8 Å². The first-order valence-electron chi connectivity index (χ1n) is 7.52. The van der Waals surface area contributed by atoms with Crippen LogP contribution in [0.1, 0.15) is 30.1 Å². The van der Waals surface area contributed by atoms with E-state index in [4.69, 9.17) is 15.2 Å². The van der Waals surface area contributed by atoms with E-state index in [1.807, 2.05) is 16.7 Å². The minimum absolute atomic E-state index is 0.0161. The quantitative estimate of drug-likeness (QED) is 0.815. The summed E-state index contributed by atoms with van der Waals surface area (Å²) in [7, 11) is 3.11. The fourth-order valence-electron chi connectivity index (χ4n) is 2.76. The van der Waals surface area contributed by atoms with Gasteiger partial charge in [-0.1, -0.05) is 6.92 Å². The fourth-order valence-corrected chi connectivity index (χ4v) is 3.62. The normalized spacial score (nSPS) is 17.6. The topological polar surface area (TPSA) is 64.8 Å². The van der Waals surface area contributed by atoms with Crippen molar-refractivity contribution in [3.8, 4) is 11.5 Å². The van der Waals surface area contributed by atoms with Gasteiger partial charge in [0, 0.05) is 30.1 Å². The molecule has 122 valence electrons. The highest BCUT2D eigenvalue weighted by atomic mass is 32.2. The van der Waals surface area contributed by atoms with Gasteiger partial charge in [0.05, 0.1) is 19.8 Å². The predicted octanol–water partition coefficient (Wildman–Crippen LogP) is 2.64. The number of carbonyl (C=O) groups excluding carboxylic acids is 1. The third-order valence-electron chi connectivity index (χ3n) is 3.94. The molecule has 0 unspecified atom stereocenters. The van der Waals surface area contributed by atoms with Gasteiger partial charge in [0.1, 0.15) is 0 Å². The van der Waals surface area contributed by atoms with E-state index in [0.717, 1.165) is 30.9 Å². The van der Waals surface area contributed by atoms with Crippen molar-refractivity contribution in [2.75, 3.05) is 38.0 Å². The Hall–Kier alpha value is -1.56. The minimum Gasteiger partial charge on any atom is -0.493 e. The number of hydrogen-bond acceptors (Lipinski definition) is 5. The monoisotopic (exact) mass is 324 g/mol. The molecule has 22 heavy (non-hydrogen) atoms. The molecule has 1 aromatic rings. The van der Waals surface area contributed by atoms with E-state index in [1.54, 1.807) is 26.4 Å². The summed E-state index contributed by atoms with van der Waals surface area (Å²) in [5.41, 5.74) is 6.97. The summed E-state index contributed by atoms with van der Waals surface area (Å²) in [4.78, 5) is 14.8. The van der Waals surface area contributed by atoms with Gasteiger partial charge in [-0.2, -0.15) is 11.8 Å². The average molecular weight is 324 g/mol. The summed E-state index contributed by atoms with van der Waals surface area (Å²) >= 11 is 1.87. The average Bonchev–Trinajstić information content (AvgIpc) is 3.00. The molecule has 1 fully saturated rings. The van der Waals surface area contributed by atoms with Crippen LogP contribution in [0.2, 0.25) is 0 Å². The molecule has 6 heteroatoms. The molecule has 0 radical (unpaired) electrons. The maximum Gasteiger partial charge on any atom is 0.256 e. The van der Waals surface area contributed by atoms with Crippen LogP contribution in [0.4, 0.5) is 5.69 Å². The standard InChI is InChI=1S/C16H24N2O3S/c1-4-22-10-11-6-5-7-18(11)16(19)12-8-14(20-2)15(21-3)9-13(12)17/h8-9,11H,4-7,10,17H2,1-3H3/t11-/m0/s1. The van der Waals surface area contributed by atoms with Crippen molar-refractivity contribution in [3.63, 3.8) is 0 Å². The molecular weight excluding hydrogens is 300 g/mol. The minimum atomic E-state index is -0.0161. The highest BCUT2D eigenvalue weighted by molar-refractivity contribution is 7.99. The number of amides is 1. The van der Waals surface area contributed by atoms with Gasteiger partial charge in [0.2, 0.25) is 0 Å². The molecule has 1 heterocycles. The van der Waals surface area contributed by atoms with E-state index in [1.165, 1.54) is 0 Å². The van der Waals surface area contributed by atoms with Crippen LogP contribution < -0.4 is 15.2 Å². The van der Waals surface area contributed by atoms with Gasteiger partial charge in [-0.25, -0.2) is 0 Å². The lowest BCUT2D eigenvalue weighted by molar-refractivity contribution is 0.0750. The van der Waals surface area contributed by atoms with Crippen LogP contribution in [0.25, 0.3) is 0 Å². The zero-order valence-electron chi connectivity index (χ0n) is 13.4. The van der Waals surface area contributed by atoms with Crippen molar-refractivity contribution in [1.82, 2.24) is 4.90 Å². The number of methoxy groups -OCH3 is 2. The number of hydrogen-bond donors (Lipinski definition) is 1. The molecule has 0 bridgehead atoms. The van der Waals surface area contributed by atoms with Crippen LogP contribution in [-0.4, -0.2) is 49.1 Å². The molecule has 1 atom stereocenters. The Balaban J connectivity index is 2.25. The van der Waals surface area contributed by atoms with Crippen molar-refractivity contribution in [2.45, 2.75) is 25.8 Å². The van der Waals surface area contributed by atoms with Crippen molar-refractivity contribution < 1.29 is 14.3 Å². The van der Waals surface area contributed by atoms with E-state index in [2.05, 4.69) is 6.92 Å². The van der Waals surface area contributed by atoms with Gasteiger partial charge in [-0.15, -0.1) is 0 Å². The van der Waals surface area contributed by atoms with Crippen LogP contribution in [0.3, 0.4) is 0 Å². The molecule has 0 aliphatic carbocycles. The van der Waals surface area contributed by atoms with Crippen LogP contribution in [0.15, 0.2) is 12.1 Å². The van der Waals surface area contributed by atoms with E-state index in [0.29, 0.717) is 28.8 Å². The lowest BCUT2D eigenvalue weighted by Gasteiger charge is -2.25. The third kappa shape index (κ3) is 3.43. The summed E-state index contributed by atoms with van der Waals surface area (Å²) in [6.07, 6.45) is 2.11. The Morgan fingerprint density at radius 2 is 2.05 bits per heavy atom. The first-order chi connectivity index (χ1) is 10.6. The Kier molecular flexibility index (Phi) is 5.83. The first kappa shape index (κ1) is 16.8. The maximum absolute atomic E-state index is 12.8. The molecule has 1 aliphatic heterocycles. The van der Waals surface area contributed by atoms with Crippen LogP contribution in [-0.2, 0) is 0 Å². The second-order valence-electron chi connectivity index (χ2n) is 5.25. The Morgan fingerprint density at radius 1 is 1.36 bits per heavy atom. The molecule has 1 saturated heterocycles. The fraction of sp³-hybridized carbons (Fsp3) is 0.562. The summed E-state index contributed by atoms with van der Waals surface area (Å²) < 4.78 is 10.5. The van der Waals surface area contributed by atoms with Crippen LogP contribution in [0, 0.1) is 0 Å². The smallest absolute Gasteiger partial charge is 0.256 e. The molecule has 1 aromatic carbocycles. The molecule has 0 aromatic heterocycles. The number of rotatable bonds is 6. The van der Waals surface area contributed by atoms with Crippen LogP contribution in [0.5, 0.6) is 11.5 Å². The zero-order valence-corrected chi connectivity index (χ0v) is 14.2. The number of carbonyl (C=O) groups is 1. The first-order valence-corrected chi connectivity index (χ1v) is 8.68. The van der Waals surface area contributed by atoms with E-state index >= 15 is 0 Å². The SMILES string of the molecule is CCSC[C@@H]1CCCN1C(=O)c1cc(OC)c(OC)cc1N. The summed E-state index contributed by atoms with van der Waals surface area (Å²) in [6.45, 7) is 2.93. The van der Waals surface area contributed by atoms with Crippen molar-refractivity contribution in [3.05, 3.63) is 17.7 Å². The molecular formula is C16H24N2O3S. The van der Waals surface area contributed by atoms with E-state index in [9.17, 15) is 4.79 Å². The van der Waals surface area contributed by atoms with Gasteiger partial charge in [0.25, 0.3) is 5.91 Å². The zero-order chi connectivity index (χ0) is 16.1. The largest absolute Gasteiger partial charge is 0.493 e. The molecule has 1 amide bonds. The van der Waals surface area contributed by atoms with Gasteiger partial charge in [-0.3, -0.25) is 4.79 Å². The number of nitrogen functional groups attached to an aromatic ring is 1. The maximum atomic E-state index is 12.8. The molecule has 2 N–H and O–H groups in total. The number of ether oxygens (including phenoxy) is 2. The molecule has 0 spiro atoms. The Bertz CT molecular complexity index is 536. The van der Waals surface area contributed by atoms with E-state index in [-0.39, 0.29) is 5.91 Å². The van der Waals surface area contributed by atoms with Gasteiger partial charge < -0.3 is 20.1 Å². The Labute approximate surface area is 136 Å². The van der Waals surface area contributed by atoms with Gasteiger partial charge >= 0.3 is 0 Å². The highest BCUT2D eigenvalue weighted by Crippen LogP contribution is 2.33. The van der Waals surface area contributed by atoms with Crippen molar-refractivity contribution in [1.29, 1.82) is 0 Å². The number of likely N-dealkylation sites (tertiary alicyclic amines) is 1. The Morgan fingerprint density at radius 3 is 2.68 bits per heavy atom. The lowest BCUT2D eigenvalue weighted by atomic mass is 10.1. The number of thioether (sulfide) groups is 1. The lowest BCUT2D eigenvalue weighted by Crippen LogP contribution is -2.37. The summed E-state index contributed by atoms with van der Waals surface area (Å²) in [5, 5.41) is 0. The molecule has 1 aliphatic rings. The van der Waals surface area contributed by atoms with Crippen molar-refractivity contribution >= 4 is 23.4 Å². The highest BCUT2D eigenvalue weighted by Gasteiger charge is 2.30. The summed E-state index contributed by atoms with van der Waals surface area (Å²) in [6, 6.07) is 3.63. The third-order valence-corrected chi connectivity index (χ3v) is 4.97. The molecule has 2 rings (SSSR count). The molecule has 5 nitrogen and oxygen atoms in total. The number of anilines is 1. The van der Waals surface area contributed by atoms with E-state index < -0.39 is 0 Å². The van der Waals surface area contributed by atoms with Gasteiger partial charge in [-0.05, 0) is 24.7 Å². The molecule has 0 saturated carbocycles. The van der Waals surface area contributed by atoms with Crippen molar-refractivity contribution in [2.24, 2.45) is 0 Å². The number of benzene rings is 1. The predicted molar refractivity (Wildman–Crippen MR) is 91.0 cm³/mol.